The van der Waals surface area contributed by atoms with Crippen LogP contribution in [0.25, 0.3) is 0 Å². The number of rotatable bonds is 5. The van der Waals surface area contributed by atoms with Crippen LogP contribution in [0.4, 0.5) is 0 Å². The van der Waals surface area contributed by atoms with Gasteiger partial charge in [0.15, 0.2) is 20.4 Å². The number of hydrogen-bond donors (Lipinski definition) is 1. The van der Waals surface area contributed by atoms with Gasteiger partial charge in [0.25, 0.3) is 0 Å². The molecule has 2 fully saturated rings. The van der Waals surface area contributed by atoms with E-state index in [1.165, 1.54) is 0 Å². The van der Waals surface area contributed by atoms with E-state index >= 15 is 0 Å². The number of hydrogen-bond acceptors (Lipinski definition) is 6. The van der Waals surface area contributed by atoms with Crippen LogP contribution in [0.1, 0.15) is 34.6 Å². The molecule has 2 saturated heterocycles. The third kappa shape index (κ3) is 3.97. The Bertz CT molecular complexity index is 419. The summed E-state index contributed by atoms with van der Waals surface area (Å²) < 4.78 is 29.0. The van der Waals surface area contributed by atoms with Crippen LogP contribution in [-0.2, 0) is 23.4 Å². The van der Waals surface area contributed by atoms with Crippen LogP contribution in [0, 0.1) is 0 Å². The summed E-state index contributed by atoms with van der Waals surface area (Å²) in [5, 5.41) is 10.6. The second-order valence-electron chi connectivity index (χ2n) is 8.41. The van der Waals surface area contributed by atoms with Crippen molar-refractivity contribution in [3.8, 4) is 0 Å². The maximum absolute atomic E-state index is 10.5. The Kier molecular flexibility index (Phi) is 5.34. The number of aliphatic hydroxyl groups excluding tert-OH is 1. The minimum atomic E-state index is -1.92. The molecule has 2 aliphatic heterocycles. The Morgan fingerprint density at radius 2 is 1.83 bits per heavy atom. The predicted octanol–water partition coefficient (Wildman–Crippen LogP) is 2.26. The van der Waals surface area contributed by atoms with Crippen LogP contribution in [0.5, 0.6) is 0 Å². The van der Waals surface area contributed by atoms with E-state index in [0.717, 1.165) is 0 Å². The van der Waals surface area contributed by atoms with Crippen LogP contribution < -0.4 is 0 Å². The van der Waals surface area contributed by atoms with Gasteiger partial charge >= 0.3 is 0 Å². The molecule has 0 radical (unpaired) electrons. The van der Waals surface area contributed by atoms with Crippen molar-refractivity contribution in [2.75, 3.05) is 13.7 Å². The molecule has 3 unspecified atom stereocenters. The van der Waals surface area contributed by atoms with Gasteiger partial charge in [0, 0.05) is 7.11 Å². The summed E-state index contributed by atoms with van der Waals surface area (Å²) in [6.45, 7) is 14.7. The molecular weight excluding hydrogens is 316 g/mol. The van der Waals surface area contributed by atoms with Crippen molar-refractivity contribution in [3.05, 3.63) is 0 Å². The van der Waals surface area contributed by atoms with Crippen LogP contribution in [0.3, 0.4) is 0 Å². The van der Waals surface area contributed by atoms with Crippen molar-refractivity contribution in [1.82, 2.24) is 0 Å². The van der Waals surface area contributed by atoms with E-state index in [1.54, 1.807) is 7.11 Å². The summed E-state index contributed by atoms with van der Waals surface area (Å²) >= 11 is 0. The van der Waals surface area contributed by atoms with Crippen LogP contribution in [0.15, 0.2) is 0 Å². The first-order valence-corrected chi connectivity index (χ1v) is 11.1. The quantitative estimate of drug-likeness (QED) is 0.769. The Morgan fingerprint density at radius 3 is 2.35 bits per heavy atom. The van der Waals surface area contributed by atoms with Crippen LogP contribution in [-0.4, -0.2) is 63.6 Å². The Balaban J connectivity index is 1.97. The molecule has 0 aromatic rings. The van der Waals surface area contributed by atoms with Crippen molar-refractivity contribution >= 4 is 8.32 Å². The smallest absolute Gasteiger partial charge is 0.192 e. The minimum Gasteiger partial charge on any atom is -0.414 e. The maximum atomic E-state index is 10.5. The molecule has 2 heterocycles. The van der Waals surface area contributed by atoms with E-state index in [-0.39, 0.29) is 23.9 Å². The summed E-state index contributed by atoms with van der Waals surface area (Å²) in [5.74, 6) is -0.695. The fourth-order valence-corrected chi connectivity index (χ4v) is 3.71. The minimum absolute atomic E-state index is 0.0939. The van der Waals surface area contributed by atoms with Crippen molar-refractivity contribution in [2.24, 2.45) is 0 Å². The van der Waals surface area contributed by atoms with Crippen molar-refractivity contribution < 1.29 is 28.5 Å². The highest BCUT2D eigenvalue weighted by Gasteiger charge is 2.57. The van der Waals surface area contributed by atoms with Gasteiger partial charge in [0.2, 0.25) is 0 Å². The highest BCUT2D eigenvalue weighted by molar-refractivity contribution is 6.74. The first-order valence-electron chi connectivity index (χ1n) is 8.24. The van der Waals surface area contributed by atoms with Gasteiger partial charge in [0.1, 0.15) is 24.4 Å². The van der Waals surface area contributed by atoms with Gasteiger partial charge < -0.3 is 28.5 Å². The van der Waals surface area contributed by atoms with Crippen molar-refractivity contribution in [1.29, 1.82) is 0 Å². The molecule has 0 saturated carbocycles. The first-order chi connectivity index (χ1) is 10.4. The molecule has 0 aliphatic carbocycles. The molecule has 1 N–H and O–H groups in total. The third-order valence-corrected chi connectivity index (χ3v) is 9.60. The second-order valence-corrected chi connectivity index (χ2v) is 13.2. The van der Waals surface area contributed by atoms with Crippen molar-refractivity contribution in [3.63, 3.8) is 0 Å². The van der Waals surface area contributed by atoms with E-state index < -0.39 is 32.6 Å². The maximum Gasteiger partial charge on any atom is 0.192 e. The van der Waals surface area contributed by atoms with E-state index in [2.05, 4.69) is 33.9 Å². The van der Waals surface area contributed by atoms with Gasteiger partial charge in [-0.15, -0.1) is 0 Å². The SMILES string of the molecule is COC1C2OC(C)(C)O[C@H]2O[C@@H]1C(O)CO[Si](C)(C)C(C)(C)C. The van der Waals surface area contributed by atoms with E-state index in [0.29, 0.717) is 0 Å². The lowest BCUT2D eigenvalue weighted by atomic mass is 10.1. The van der Waals surface area contributed by atoms with Gasteiger partial charge in [0.05, 0.1) is 6.61 Å². The Labute approximate surface area is 140 Å². The topological polar surface area (TPSA) is 66.4 Å². The lowest BCUT2D eigenvalue weighted by Gasteiger charge is -2.37. The first kappa shape index (κ1) is 19.3. The van der Waals surface area contributed by atoms with Gasteiger partial charge in [-0.2, -0.15) is 0 Å². The second kappa shape index (κ2) is 6.37. The van der Waals surface area contributed by atoms with E-state index in [4.69, 9.17) is 23.4 Å². The molecule has 0 aromatic carbocycles. The highest BCUT2D eigenvalue weighted by Crippen LogP contribution is 2.40. The van der Waals surface area contributed by atoms with Gasteiger partial charge in [-0.25, -0.2) is 0 Å². The Morgan fingerprint density at radius 1 is 1.22 bits per heavy atom. The fraction of sp³-hybridized carbons (Fsp3) is 1.00. The largest absolute Gasteiger partial charge is 0.414 e. The number of methoxy groups -OCH3 is 1. The molecule has 7 heteroatoms. The summed E-state index contributed by atoms with van der Waals surface area (Å²) in [6, 6.07) is 0. The Hall–Kier alpha value is -0.0231. The number of ether oxygens (including phenoxy) is 4. The van der Waals surface area contributed by atoms with Gasteiger partial charge in [-0.05, 0) is 32.0 Å². The zero-order valence-corrected chi connectivity index (χ0v) is 16.6. The number of aliphatic hydroxyl groups is 1. The summed E-state index contributed by atoms with van der Waals surface area (Å²) in [4.78, 5) is 0. The van der Waals surface area contributed by atoms with E-state index in [9.17, 15) is 5.11 Å². The summed E-state index contributed by atoms with van der Waals surface area (Å²) in [7, 11) is -0.324. The lowest BCUT2D eigenvalue weighted by molar-refractivity contribution is -0.229. The van der Waals surface area contributed by atoms with Crippen molar-refractivity contribution in [2.45, 2.75) is 89.2 Å². The van der Waals surface area contributed by atoms with Crippen LogP contribution in [0.2, 0.25) is 18.1 Å². The molecule has 136 valence electrons. The van der Waals surface area contributed by atoms with Gasteiger partial charge in [-0.3, -0.25) is 0 Å². The van der Waals surface area contributed by atoms with E-state index in [1.807, 2.05) is 13.8 Å². The average Bonchev–Trinajstić information content (AvgIpc) is 2.85. The zero-order chi connectivity index (χ0) is 17.6. The summed E-state index contributed by atoms with van der Waals surface area (Å²) in [6.07, 6.45) is -2.52. The molecular formula is C16H32O6Si. The normalized spacial score (nSPS) is 35.3. The molecule has 23 heavy (non-hydrogen) atoms. The number of fused-ring (bicyclic) bond motifs is 1. The fourth-order valence-electron chi connectivity index (χ4n) is 2.69. The average molecular weight is 349 g/mol. The lowest BCUT2D eigenvalue weighted by Crippen LogP contribution is -2.48. The standard InChI is InChI=1S/C16H32O6Si/c1-15(2,3)23(7,8)19-9-10(17)11-12(18-6)13-14(20-11)22-16(4,5)21-13/h10-14,17H,9H2,1-8H3/t10?,11-,12?,13?,14-/m1/s1. The molecule has 2 aliphatic rings. The molecule has 2 rings (SSSR count). The monoisotopic (exact) mass is 348 g/mol. The molecule has 5 atom stereocenters. The highest BCUT2D eigenvalue weighted by atomic mass is 28.4. The molecule has 0 amide bonds. The molecule has 0 aromatic heterocycles. The molecule has 0 spiro atoms. The predicted molar refractivity (Wildman–Crippen MR) is 88.7 cm³/mol. The molecule has 0 bridgehead atoms. The molecule has 6 nitrogen and oxygen atoms in total. The third-order valence-electron chi connectivity index (χ3n) is 5.10. The van der Waals surface area contributed by atoms with Gasteiger partial charge in [-0.1, -0.05) is 20.8 Å². The zero-order valence-electron chi connectivity index (χ0n) is 15.6. The van der Waals surface area contributed by atoms with Crippen LogP contribution >= 0.6 is 0 Å². The summed E-state index contributed by atoms with van der Waals surface area (Å²) in [5.41, 5.74) is 0.